The molecular weight excluding hydrogens is 369 g/mol. The molecular formula is C19H18FN3OS2. The van der Waals surface area contributed by atoms with Crippen LogP contribution in [0.5, 0.6) is 0 Å². The zero-order chi connectivity index (χ0) is 17.9. The normalized spacial score (nSPS) is 21.5. The first kappa shape index (κ1) is 17.4. The predicted molar refractivity (Wildman–Crippen MR) is 106 cm³/mol. The highest BCUT2D eigenvalue weighted by molar-refractivity contribution is 8.18. The number of nitrogens with one attached hydrogen (secondary N) is 1. The fourth-order valence-electron chi connectivity index (χ4n) is 3.08. The van der Waals surface area contributed by atoms with E-state index in [1.165, 1.54) is 54.5 Å². The number of aromatic nitrogens is 1. The molecule has 0 atom stereocenters. The van der Waals surface area contributed by atoms with Crippen molar-refractivity contribution in [3.63, 3.8) is 0 Å². The van der Waals surface area contributed by atoms with Gasteiger partial charge in [-0.25, -0.2) is 9.37 Å². The molecule has 0 spiro atoms. The summed E-state index contributed by atoms with van der Waals surface area (Å²) in [5, 5.41) is 6.25. The van der Waals surface area contributed by atoms with Crippen LogP contribution in [0.4, 0.5) is 4.39 Å². The molecule has 0 radical (unpaired) electrons. The lowest BCUT2D eigenvalue weighted by Crippen LogP contribution is -2.22. The van der Waals surface area contributed by atoms with Crippen molar-refractivity contribution in [1.82, 2.24) is 10.3 Å². The molecule has 1 amide bonds. The van der Waals surface area contributed by atoms with E-state index in [1.807, 2.05) is 5.38 Å². The Hall–Kier alpha value is -1.99. The van der Waals surface area contributed by atoms with Gasteiger partial charge in [-0.3, -0.25) is 9.79 Å². The molecule has 0 bridgehead atoms. The van der Waals surface area contributed by atoms with Gasteiger partial charge in [0.25, 0.3) is 5.91 Å². The summed E-state index contributed by atoms with van der Waals surface area (Å²) in [6.07, 6.45) is 7.71. The second-order valence-electron chi connectivity index (χ2n) is 6.38. The topological polar surface area (TPSA) is 54.4 Å². The number of hydrogen-bond acceptors (Lipinski definition) is 5. The Balaban J connectivity index is 1.49. The van der Waals surface area contributed by atoms with Gasteiger partial charge in [-0.1, -0.05) is 19.3 Å². The van der Waals surface area contributed by atoms with Crippen molar-refractivity contribution < 1.29 is 9.18 Å². The van der Waals surface area contributed by atoms with Crippen LogP contribution in [0.25, 0.3) is 16.6 Å². The largest absolute Gasteiger partial charge is 0.301 e. The average molecular weight is 388 g/mol. The van der Waals surface area contributed by atoms with Gasteiger partial charge in [-0.15, -0.1) is 11.3 Å². The molecule has 1 aliphatic carbocycles. The van der Waals surface area contributed by atoms with Gasteiger partial charge in [0.2, 0.25) is 0 Å². The number of amides is 1. The number of halogens is 1. The third kappa shape index (κ3) is 4.04. The number of aliphatic imine (C=N–C) groups is 1. The molecule has 2 aliphatic rings. The number of rotatable bonds is 3. The van der Waals surface area contributed by atoms with Gasteiger partial charge >= 0.3 is 0 Å². The minimum absolute atomic E-state index is 0.124. The average Bonchev–Trinajstić information content (AvgIpc) is 3.24. The highest BCUT2D eigenvalue weighted by Gasteiger charge is 2.25. The smallest absolute Gasteiger partial charge is 0.264 e. The fraction of sp³-hybridized carbons (Fsp3) is 0.316. The maximum Gasteiger partial charge on any atom is 0.264 e. The fourth-order valence-corrected chi connectivity index (χ4v) is 4.74. The van der Waals surface area contributed by atoms with Gasteiger partial charge in [0.15, 0.2) is 5.17 Å². The summed E-state index contributed by atoms with van der Waals surface area (Å²) in [6, 6.07) is 6.58. The van der Waals surface area contributed by atoms with E-state index >= 15 is 0 Å². The molecule has 0 unspecified atom stereocenters. The lowest BCUT2D eigenvalue weighted by molar-refractivity contribution is -0.115. The number of thioether (sulfide) groups is 1. The monoisotopic (exact) mass is 387 g/mol. The summed E-state index contributed by atoms with van der Waals surface area (Å²) in [4.78, 5) is 22.0. The summed E-state index contributed by atoms with van der Waals surface area (Å²) < 4.78 is 13.0. The molecule has 26 heavy (non-hydrogen) atoms. The molecule has 4 nitrogen and oxygen atoms in total. The SMILES string of the molecule is O=C1NC(=NC2CCCCC2)S/C1=C\c1csc(-c2ccc(F)cc2)n1. The molecule has 7 heteroatoms. The summed E-state index contributed by atoms with van der Waals surface area (Å²) in [5.74, 6) is -0.391. The number of amidine groups is 1. The van der Waals surface area contributed by atoms with Crippen LogP contribution in [0, 0.1) is 5.82 Å². The summed E-state index contributed by atoms with van der Waals surface area (Å²) in [6.45, 7) is 0. The minimum atomic E-state index is -0.267. The third-order valence-electron chi connectivity index (χ3n) is 4.42. The van der Waals surface area contributed by atoms with Crippen LogP contribution >= 0.6 is 23.1 Å². The first-order valence-electron chi connectivity index (χ1n) is 8.67. The maximum absolute atomic E-state index is 13.0. The summed E-state index contributed by atoms with van der Waals surface area (Å²) in [5.41, 5.74) is 1.59. The van der Waals surface area contributed by atoms with Gasteiger partial charge in [-0.05, 0) is 54.9 Å². The standard InChI is InChI=1S/C19H18FN3OS2/c20-13-8-6-12(7-9-13)18-21-15(11-25-18)10-16-17(24)23-19(26-16)22-14-4-2-1-3-5-14/h6-11,14H,1-5H2,(H,22,23,24)/b16-10-. The van der Waals surface area contributed by atoms with Crippen molar-refractivity contribution >= 4 is 40.2 Å². The van der Waals surface area contributed by atoms with Crippen LogP contribution in [0.15, 0.2) is 39.5 Å². The third-order valence-corrected chi connectivity index (χ3v) is 6.25. The van der Waals surface area contributed by atoms with Crippen molar-refractivity contribution in [2.75, 3.05) is 0 Å². The molecule has 4 rings (SSSR count). The molecule has 1 aromatic heterocycles. The first-order chi connectivity index (χ1) is 12.7. The van der Waals surface area contributed by atoms with Crippen LogP contribution in [0.3, 0.4) is 0 Å². The van der Waals surface area contributed by atoms with Crippen LogP contribution in [-0.2, 0) is 4.79 Å². The van der Waals surface area contributed by atoms with E-state index in [-0.39, 0.29) is 11.7 Å². The maximum atomic E-state index is 13.0. The second-order valence-corrected chi connectivity index (χ2v) is 8.26. The highest BCUT2D eigenvalue weighted by Crippen LogP contribution is 2.30. The summed E-state index contributed by atoms with van der Waals surface area (Å²) >= 11 is 2.85. The number of thiazole rings is 1. The number of benzene rings is 1. The van der Waals surface area contributed by atoms with Crippen LogP contribution < -0.4 is 5.32 Å². The van der Waals surface area contributed by atoms with E-state index in [1.54, 1.807) is 18.2 Å². The second kappa shape index (κ2) is 7.72. The van der Waals surface area contributed by atoms with E-state index in [0.29, 0.717) is 16.1 Å². The van der Waals surface area contributed by atoms with E-state index in [0.717, 1.165) is 29.1 Å². The Morgan fingerprint density at radius 3 is 2.73 bits per heavy atom. The molecule has 1 N–H and O–H groups in total. The summed E-state index contributed by atoms with van der Waals surface area (Å²) in [7, 11) is 0. The Morgan fingerprint density at radius 1 is 1.19 bits per heavy atom. The molecule has 1 saturated heterocycles. The van der Waals surface area contributed by atoms with E-state index in [4.69, 9.17) is 4.99 Å². The van der Waals surface area contributed by atoms with Gasteiger partial charge < -0.3 is 5.32 Å². The number of hydrogen-bond donors (Lipinski definition) is 1. The lowest BCUT2D eigenvalue weighted by atomic mass is 9.96. The number of carbonyl (C=O) groups is 1. The molecule has 134 valence electrons. The van der Waals surface area contributed by atoms with E-state index in [9.17, 15) is 9.18 Å². The van der Waals surface area contributed by atoms with Crippen molar-refractivity contribution in [3.05, 3.63) is 46.1 Å². The Bertz CT molecular complexity index is 867. The zero-order valence-corrected chi connectivity index (χ0v) is 15.7. The molecule has 1 saturated carbocycles. The first-order valence-corrected chi connectivity index (χ1v) is 10.4. The van der Waals surface area contributed by atoms with E-state index in [2.05, 4.69) is 10.3 Å². The number of nitrogens with zero attached hydrogens (tertiary/aromatic N) is 2. The van der Waals surface area contributed by atoms with Crippen molar-refractivity contribution in [1.29, 1.82) is 0 Å². The quantitative estimate of drug-likeness (QED) is 0.767. The van der Waals surface area contributed by atoms with Gasteiger partial charge in [0, 0.05) is 10.9 Å². The van der Waals surface area contributed by atoms with E-state index < -0.39 is 0 Å². The zero-order valence-electron chi connectivity index (χ0n) is 14.1. The van der Waals surface area contributed by atoms with Crippen molar-refractivity contribution in [2.45, 2.75) is 38.1 Å². The predicted octanol–water partition coefficient (Wildman–Crippen LogP) is 4.84. The highest BCUT2D eigenvalue weighted by atomic mass is 32.2. The Kier molecular flexibility index (Phi) is 5.17. The lowest BCUT2D eigenvalue weighted by Gasteiger charge is -2.17. The number of carbonyl (C=O) groups excluding carboxylic acids is 1. The van der Waals surface area contributed by atoms with Crippen molar-refractivity contribution in [2.24, 2.45) is 4.99 Å². The molecule has 2 fully saturated rings. The van der Waals surface area contributed by atoms with Crippen LogP contribution in [-0.4, -0.2) is 22.1 Å². The van der Waals surface area contributed by atoms with Crippen LogP contribution in [0.2, 0.25) is 0 Å². The minimum Gasteiger partial charge on any atom is -0.301 e. The van der Waals surface area contributed by atoms with Crippen LogP contribution in [0.1, 0.15) is 37.8 Å². The molecule has 1 aromatic carbocycles. The Labute approximate surface area is 159 Å². The van der Waals surface area contributed by atoms with Gasteiger partial charge in [0.05, 0.1) is 16.6 Å². The molecule has 2 heterocycles. The van der Waals surface area contributed by atoms with Crippen molar-refractivity contribution in [3.8, 4) is 10.6 Å². The molecule has 2 aromatic rings. The van der Waals surface area contributed by atoms with Gasteiger partial charge in [-0.2, -0.15) is 0 Å². The molecule has 1 aliphatic heterocycles. The van der Waals surface area contributed by atoms with Gasteiger partial charge in [0.1, 0.15) is 10.8 Å². The Morgan fingerprint density at radius 2 is 1.96 bits per heavy atom.